The van der Waals surface area contributed by atoms with Crippen LogP contribution in [0.4, 0.5) is 17.1 Å². The molecule has 1 fully saturated rings. The van der Waals surface area contributed by atoms with E-state index in [1.54, 1.807) is 0 Å². The molecule has 0 saturated carbocycles. The Kier molecular flexibility index (Phi) is 4.64. The molecule has 24 heavy (non-hydrogen) atoms. The van der Waals surface area contributed by atoms with Gasteiger partial charge in [-0.15, -0.1) is 0 Å². The zero-order valence-electron chi connectivity index (χ0n) is 13.7. The summed E-state index contributed by atoms with van der Waals surface area (Å²) in [6, 6.07) is 7.58. The molecule has 0 atom stereocenters. The maximum atomic E-state index is 12.0. The highest BCUT2D eigenvalue weighted by atomic mass is 16.2. The fraction of sp³-hybridized carbons (Fsp3) is 0.389. The predicted molar refractivity (Wildman–Crippen MR) is 95.7 cm³/mol. The molecule has 0 aromatic heterocycles. The van der Waals surface area contributed by atoms with Crippen molar-refractivity contribution in [1.29, 1.82) is 0 Å². The molecule has 3 rings (SSSR count). The summed E-state index contributed by atoms with van der Waals surface area (Å²) in [5, 5.41) is 5.78. The highest BCUT2D eigenvalue weighted by Crippen LogP contribution is 2.24. The minimum Gasteiger partial charge on any atom is -0.379 e. The van der Waals surface area contributed by atoms with Gasteiger partial charge in [0.15, 0.2) is 0 Å². The smallest absolute Gasteiger partial charge is 0.253 e. The number of nitrogens with zero attached hydrogens (tertiary/aromatic N) is 1. The summed E-state index contributed by atoms with van der Waals surface area (Å²) in [4.78, 5) is 37.4. The first-order valence-corrected chi connectivity index (χ1v) is 8.25. The van der Waals surface area contributed by atoms with Crippen molar-refractivity contribution in [3.63, 3.8) is 0 Å². The number of anilines is 3. The molecule has 0 spiro atoms. The fourth-order valence-electron chi connectivity index (χ4n) is 3.03. The molecule has 1 heterocycles. The minimum atomic E-state index is -0.476. The summed E-state index contributed by atoms with van der Waals surface area (Å²) in [7, 11) is 0. The first kappa shape index (κ1) is 16.2. The van der Waals surface area contributed by atoms with Gasteiger partial charge in [-0.2, -0.15) is 0 Å². The van der Waals surface area contributed by atoms with Crippen molar-refractivity contribution in [2.24, 2.45) is 0 Å². The van der Waals surface area contributed by atoms with E-state index in [0.29, 0.717) is 17.9 Å². The Labute approximate surface area is 140 Å². The number of carbonyl (C=O) groups excluding carboxylic acids is 1. The van der Waals surface area contributed by atoms with Crippen LogP contribution in [-0.4, -0.2) is 25.5 Å². The lowest BCUT2D eigenvalue weighted by molar-refractivity contribution is -0.115. The third kappa shape index (κ3) is 3.32. The zero-order valence-corrected chi connectivity index (χ0v) is 13.7. The first-order valence-electron chi connectivity index (χ1n) is 8.25. The van der Waals surface area contributed by atoms with Gasteiger partial charge in [0, 0.05) is 31.7 Å². The van der Waals surface area contributed by atoms with E-state index in [4.69, 9.17) is 0 Å². The number of amides is 1. The van der Waals surface area contributed by atoms with Crippen molar-refractivity contribution >= 4 is 23.0 Å². The van der Waals surface area contributed by atoms with Gasteiger partial charge in [0.05, 0.1) is 0 Å². The van der Waals surface area contributed by atoms with E-state index >= 15 is 0 Å². The third-order valence-corrected chi connectivity index (χ3v) is 4.26. The van der Waals surface area contributed by atoms with Gasteiger partial charge in [0.25, 0.3) is 10.9 Å². The normalized spacial score (nSPS) is 14.1. The zero-order chi connectivity index (χ0) is 17.1. The molecule has 0 aliphatic carbocycles. The van der Waals surface area contributed by atoms with E-state index in [1.807, 2.05) is 36.1 Å². The first-order chi connectivity index (χ1) is 11.6. The van der Waals surface area contributed by atoms with Gasteiger partial charge in [-0.1, -0.05) is 12.1 Å². The number of hydrogen-bond acceptors (Lipinski definition) is 5. The van der Waals surface area contributed by atoms with E-state index in [9.17, 15) is 14.4 Å². The van der Waals surface area contributed by atoms with E-state index in [2.05, 4.69) is 10.6 Å². The average Bonchev–Trinajstić information content (AvgIpc) is 3.07. The maximum absolute atomic E-state index is 12.0. The largest absolute Gasteiger partial charge is 0.379 e. The molecule has 1 amide bonds. The van der Waals surface area contributed by atoms with Crippen molar-refractivity contribution in [2.75, 3.05) is 35.2 Å². The van der Waals surface area contributed by atoms with Crippen LogP contribution in [0.25, 0.3) is 0 Å². The molecular weight excluding hydrogens is 306 g/mol. The Morgan fingerprint density at radius 1 is 1.17 bits per heavy atom. The van der Waals surface area contributed by atoms with Gasteiger partial charge in [0.1, 0.15) is 11.4 Å². The minimum absolute atomic E-state index is 0.130. The number of hydrogen-bond donors (Lipinski definition) is 2. The van der Waals surface area contributed by atoms with Crippen LogP contribution in [0.15, 0.2) is 33.9 Å². The fourth-order valence-corrected chi connectivity index (χ4v) is 3.03. The highest BCUT2D eigenvalue weighted by molar-refractivity contribution is 5.91. The van der Waals surface area contributed by atoms with Crippen LogP contribution in [-0.2, 0) is 4.79 Å². The van der Waals surface area contributed by atoms with Crippen molar-refractivity contribution in [3.05, 3.63) is 50.3 Å². The lowest BCUT2D eigenvalue weighted by atomic mass is 10.1. The Morgan fingerprint density at radius 2 is 1.92 bits per heavy atom. The van der Waals surface area contributed by atoms with Crippen molar-refractivity contribution in [3.8, 4) is 0 Å². The van der Waals surface area contributed by atoms with Crippen LogP contribution in [0, 0.1) is 6.92 Å². The van der Waals surface area contributed by atoms with Gasteiger partial charge in [-0.3, -0.25) is 14.4 Å². The molecule has 0 unspecified atom stereocenters. The molecule has 0 bridgehead atoms. The Hall–Kier alpha value is -2.63. The third-order valence-electron chi connectivity index (χ3n) is 4.26. The summed E-state index contributed by atoms with van der Waals surface area (Å²) < 4.78 is 0. The highest BCUT2D eigenvalue weighted by Gasteiger charge is 2.27. The van der Waals surface area contributed by atoms with Crippen LogP contribution in [0.2, 0.25) is 0 Å². The number of carbonyl (C=O) groups is 1. The van der Waals surface area contributed by atoms with Gasteiger partial charge >= 0.3 is 0 Å². The SMILES string of the molecule is Cc1cccc(NC(=O)CCNc2c(N3CCCC3)c(=O)c2=O)c1. The monoisotopic (exact) mass is 327 g/mol. The molecule has 1 aliphatic heterocycles. The standard InChI is InChI=1S/C18H21N3O3/c1-12-5-4-6-13(11-12)20-14(22)7-8-19-15-16(18(24)17(15)23)21-9-2-3-10-21/h4-6,11,19H,2-3,7-10H2,1H3,(H,20,22). The maximum Gasteiger partial charge on any atom is 0.253 e. The van der Waals surface area contributed by atoms with Crippen molar-refractivity contribution < 1.29 is 4.79 Å². The molecule has 1 aliphatic rings. The topological polar surface area (TPSA) is 78.5 Å². The van der Waals surface area contributed by atoms with Crippen LogP contribution in [0.1, 0.15) is 24.8 Å². The quantitative estimate of drug-likeness (QED) is 0.789. The Morgan fingerprint density at radius 3 is 2.62 bits per heavy atom. The molecule has 1 saturated heterocycles. The molecular formula is C18H21N3O3. The van der Waals surface area contributed by atoms with E-state index < -0.39 is 10.9 Å². The summed E-state index contributed by atoms with van der Waals surface area (Å²) >= 11 is 0. The second kappa shape index (κ2) is 6.86. The van der Waals surface area contributed by atoms with Crippen molar-refractivity contribution in [1.82, 2.24) is 0 Å². The van der Waals surface area contributed by atoms with Gasteiger partial charge in [-0.25, -0.2) is 0 Å². The molecule has 2 aromatic rings. The summed E-state index contributed by atoms with van der Waals surface area (Å²) in [6.07, 6.45) is 2.31. The molecule has 6 heteroatoms. The lowest BCUT2D eigenvalue weighted by Gasteiger charge is -2.22. The average molecular weight is 327 g/mol. The lowest BCUT2D eigenvalue weighted by Crippen LogP contribution is -2.42. The van der Waals surface area contributed by atoms with Crippen molar-refractivity contribution in [2.45, 2.75) is 26.2 Å². The number of rotatable bonds is 6. The number of aryl methyl sites for hydroxylation is 1. The summed E-state index contributed by atoms with van der Waals surface area (Å²) in [5.41, 5.74) is 1.80. The van der Waals surface area contributed by atoms with E-state index in [-0.39, 0.29) is 12.3 Å². The van der Waals surface area contributed by atoms with E-state index in [0.717, 1.165) is 37.2 Å². The molecule has 2 N–H and O–H groups in total. The molecule has 0 radical (unpaired) electrons. The van der Waals surface area contributed by atoms with Crippen LogP contribution in [0.5, 0.6) is 0 Å². The second-order valence-corrected chi connectivity index (χ2v) is 6.17. The van der Waals surface area contributed by atoms with Crippen LogP contribution >= 0.6 is 0 Å². The van der Waals surface area contributed by atoms with Gasteiger partial charge < -0.3 is 15.5 Å². The Bertz CT molecular complexity index is 815. The van der Waals surface area contributed by atoms with Crippen LogP contribution < -0.4 is 26.4 Å². The summed E-state index contributed by atoms with van der Waals surface area (Å²) in [6.45, 7) is 3.91. The Balaban J connectivity index is 1.53. The van der Waals surface area contributed by atoms with Crippen LogP contribution in [0.3, 0.4) is 0 Å². The number of nitrogens with one attached hydrogen (secondary N) is 2. The predicted octanol–water partition coefficient (Wildman–Crippen LogP) is 1.63. The van der Waals surface area contributed by atoms with E-state index in [1.165, 1.54) is 0 Å². The number of benzene rings is 1. The van der Waals surface area contributed by atoms with Gasteiger partial charge in [-0.05, 0) is 37.5 Å². The molecule has 126 valence electrons. The van der Waals surface area contributed by atoms with Gasteiger partial charge in [0.2, 0.25) is 5.91 Å². The second-order valence-electron chi connectivity index (χ2n) is 6.17. The molecule has 2 aromatic carbocycles. The summed E-state index contributed by atoms with van der Waals surface area (Å²) in [5.74, 6) is -0.130. The molecule has 6 nitrogen and oxygen atoms in total.